The Kier molecular flexibility index (Phi) is 5.06. The first-order valence-corrected chi connectivity index (χ1v) is 10.3. The predicted molar refractivity (Wildman–Crippen MR) is 116 cm³/mol. The number of hydrogen-bond acceptors (Lipinski definition) is 5. The molecule has 1 aliphatic rings. The summed E-state index contributed by atoms with van der Waals surface area (Å²) in [7, 11) is 0. The Hall–Kier alpha value is -4.14. The lowest BCUT2D eigenvalue weighted by Crippen LogP contribution is -2.52. The normalized spacial score (nSPS) is 15.7. The molecule has 1 unspecified atom stereocenters. The molecule has 3 aromatic heterocycles. The molecule has 162 valence electrons. The highest BCUT2D eigenvalue weighted by atomic mass is 16.4. The average Bonchev–Trinajstić information content (AvgIpc) is 3.40. The van der Waals surface area contributed by atoms with E-state index in [0.717, 1.165) is 5.56 Å². The zero-order chi connectivity index (χ0) is 22.1. The number of nitrogens with one attached hydrogen (secondary N) is 1. The Morgan fingerprint density at radius 3 is 2.84 bits per heavy atom. The van der Waals surface area contributed by atoms with Crippen molar-refractivity contribution in [2.45, 2.75) is 25.7 Å². The van der Waals surface area contributed by atoms with Crippen molar-refractivity contribution in [1.82, 2.24) is 24.3 Å². The second-order valence-electron chi connectivity index (χ2n) is 7.72. The quantitative estimate of drug-likeness (QED) is 0.500. The molecule has 5 rings (SSSR count). The Labute approximate surface area is 182 Å². The van der Waals surface area contributed by atoms with Crippen molar-refractivity contribution in [1.29, 1.82) is 0 Å². The number of amides is 2. The number of aromatic nitrogens is 3. The van der Waals surface area contributed by atoms with Crippen LogP contribution in [0.2, 0.25) is 0 Å². The third kappa shape index (κ3) is 3.68. The minimum atomic E-state index is -0.579. The van der Waals surface area contributed by atoms with Gasteiger partial charge < -0.3 is 19.2 Å². The van der Waals surface area contributed by atoms with Gasteiger partial charge in [0.15, 0.2) is 5.58 Å². The maximum atomic E-state index is 13.1. The molecule has 4 heterocycles. The van der Waals surface area contributed by atoms with Crippen LogP contribution in [0, 0.1) is 0 Å². The Morgan fingerprint density at radius 2 is 2.00 bits per heavy atom. The summed E-state index contributed by atoms with van der Waals surface area (Å²) in [5.74, 6) is -1.00. The molecule has 0 saturated carbocycles. The molecule has 1 N–H and O–H groups in total. The fourth-order valence-electron chi connectivity index (χ4n) is 4.06. The summed E-state index contributed by atoms with van der Waals surface area (Å²) in [6.45, 7) is 1.05. The first-order chi connectivity index (χ1) is 15.6. The van der Waals surface area contributed by atoms with Crippen LogP contribution in [0.4, 0.5) is 0 Å². The van der Waals surface area contributed by atoms with Crippen molar-refractivity contribution >= 4 is 22.9 Å². The molecule has 0 fully saturated rings. The minimum absolute atomic E-state index is 0.0959. The van der Waals surface area contributed by atoms with Crippen LogP contribution < -0.4 is 11.1 Å². The highest BCUT2D eigenvalue weighted by Crippen LogP contribution is 2.20. The largest absolute Gasteiger partial charge is 0.420 e. The van der Waals surface area contributed by atoms with E-state index in [2.05, 4.69) is 10.3 Å². The number of fused-ring (bicyclic) bond motifs is 2. The monoisotopic (exact) mass is 431 g/mol. The van der Waals surface area contributed by atoms with E-state index in [1.54, 1.807) is 47.6 Å². The topological polar surface area (TPSA) is 102 Å². The van der Waals surface area contributed by atoms with Gasteiger partial charge >= 0.3 is 5.76 Å². The van der Waals surface area contributed by atoms with Crippen LogP contribution in [0.1, 0.15) is 16.1 Å². The van der Waals surface area contributed by atoms with Crippen LogP contribution >= 0.6 is 0 Å². The fourth-order valence-corrected chi connectivity index (χ4v) is 4.06. The summed E-state index contributed by atoms with van der Waals surface area (Å²) < 4.78 is 8.38. The maximum absolute atomic E-state index is 13.1. The lowest BCUT2D eigenvalue weighted by atomic mass is 10.1. The molecule has 9 nitrogen and oxygen atoms in total. The summed E-state index contributed by atoms with van der Waals surface area (Å²) in [5.41, 5.74) is 2.53. The molecule has 9 heteroatoms. The van der Waals surface area contributed by atoms with E-state index in [1.165, 1.54) is 4.57 Å². The van der Waals surface area contributed by atoms with Crippen molar-refractivity contribution < 1.29 is 14.0 Å². The summed E-state index contributed by atoms with van der Waals surface area (Å²) in [5, 5.41) is 2.88. The average molecular weight is 431 g/mol. The summed E-state index contributed by atoms with van der Waals surface area (Å²) in [6.07, 6.45) is 5.28. The van der Waals surface area contributed by atoms with Gasteiger partial charge in [0, 0.05) is 38.2 Å². The summed E-state index contributed by atoms with van der Waals surface area (Å²) in [4.78, 5) is 43.8. The van der Waals surface area contributed by atoms with Gasteiger partial charge in [0.1, 0.15) is 12.2 Å². The Morgan fingerprint density at radius 1 is 1.12 bits per heavy atom. The van der Waals surface area contributed by atoms with Gasteiger partial charge in [-0.2, -0.15) is 0 Å². The molecule has 0 saturated heterocycles. The second kappa shape index (κ2) is 8.18. The zero-order valence-electron chi connectivity index (χ0n) is 17.2. The van der Waals surface area contributed by atoms with E-state index < -0.39 is 5.76 Å². The van der Waals surface area contributed by atoms with Gasteiger partial charge in [-0.15, -0.1) is 0 Å². The minimum Gasteiger partial charge on any atom is -0.408 e. The van der Waals surface area contributed by atoms with E-state index in [9.17, 15) is 14.4 Å². The molecular weight excluding hydrogens is 410 g/mol. The molecule has 1 aliphatic heterocycles. The number of carbonyl (C=O) groups is 2. The number of benzene rings is 1. The van der Waals surface area contributed by atoms with E-state index in [1.807, 2.05) is 29.0 Å². The van der Waals surface area contributed by atoms with Gasteiger partial charge in [-0.3, -0.25) is 19.1 Å². The Bertz CT molecular complexity index is 1340. The molecule has 4 aromatic rings. The number of pyridine rings is 1. The van der Waals surface area contributed by atoms with Crippen molar-refractivity contribution in [3.8, 4) is 0 Å². The highest BCUT2D eigenvalue weighted by molar-refractivity contribution is 5.93. The van der Waals surface area contributed by atoms with Gasteiger partial charge in [-0.05, 0) is 35.9 Å². The number of carbonyl (C=O) groups excluding carboxylic acids is 2. The van der Waals surface area contributed by atoms with Crippen molar-refractivity contribution in [2.24, 2.45) is 0 Å². The van der Waals surface area contributed by atoms with E-state index in [4.69, 9.17) is 4.42 Å². The number of hydrogen-bond donors (Lipinski definition) is 1. The molecule has 2 amide bonds. The SMILES string of the molecule is O=C(Cn1c(=O)oc2ccccc21)NCC1Cn2cccc2C(=O)N1Cc1cccnc1. The summed E-state index contributed by atoms with van der Waals surface area (Å²) in [6, 6.07) is 14.1. The van der Waals surface area contributed by atoms with Crippen LogP contribution in [0.15, 0.2) is 76.3 Å². The number of nitrogens with zero attached hydrogens (tertiary/aromatic N) is 4. The van der Waals surface area contributed by atoms with Gasteiger partial charge in [0.25, 0.3) is 5.91 Å². The van der Waals surface area contributed by atoms with Crippen LogP contribution in [-0.4, -0.2) is 43.4 Å². The van der Waals surface area contributed by atoms with E-state index in [0.29, 0.717) is 29.9 Å². The molecule has 1 atom stereocenters. The fraction of sp³-hybridized carbons (Fsp3) is 0.217. The lowest BCUT2D eigenvalue weighted by molar-refractivity contribution is -0.122. The van der Waals surface area contributed by atoms with Gasteiger partial charge in [0.2, 0.25) is 5.91 Å². The maximum Gasteiger partial charge on any atom is 0.420 e. The second-order valence-corrected chi connectivity index (χ2v) is 7.72. The third-order valence-electron chi connectivity index (χ3n) is 5.64. The van der Waals surface area contributed by atoms with E-state index >= 15 is 0 Å². The van der Waals surface area contributed by atoms with Crippen LogP contribution in [-0.2, 0) is 24.4 Å². The number of rotatable bonds is 6. The van der Waals surface area contributed by atoms with Crippen LogP contribution in [0.5, 0.6) is 0 Å². The van der Waals surface area contributed by atoms with Crippen LogP contribution in [0.25, 0.3) is 11.1 Å². The molecule has 32 heavy (non-hydrogen) atoms. The van der Waals surface area contributed by atoms with Crippen LogP contribution in [0.3, 0.4) is 0 Å². The third-order valence-corrected chi connectivity index (χ3v) is 5.64. The zero-order valence-corrected chi connectivity index (χ0v) is 17.2. The molecule has 0 radical (unpaired) electrons. The molecule has 0 bridgehead atoms. The number of para-hydroxylation sites is 2. The van der Waals surface area contributed by atoms with Gasteiger partial charge in [-0.1, -0.05) is 18.2 Å². The van der Waals surface area contributed by atoms with Crippen molar-refractivity contribution in [3.63, 3.8) is 0 Å². The Balaban J connectivity index is 1.32. The standard InChI is InChI=1S/C23H21N5O4/c29-21(15-28-18-6-1-2-8-20(18)32-23(28)31)25-12-17-14-26-10-4-7-19(26)22(30)27(17)13-16-5-3-9-24-11-16/h1-11,17H,12-15H2,(H,25,29). The summed E-state index contributed by atoms with van der Waals surface area (Å²) >= 11 is 0. The molecule has 0 aliphatic carbocycles. The lowest BCUT2D eigenvalue weighted by Gasteiger charge is -2.36. The number of oxazole rings is 1. The molecule has 1 aromatic carbocycles. The predicted octanol–water partition coefficient (Wildman–Crippen LogP) is 1.63. The van der Waals surface area contributed by atoms with Crippen molar-refractivity contribution in [3.05, 3.63) is 88.9 Å². The van der Waals surface area contributed by atoms with E-state index in [-0.39, 0.29) is 30.9 Å². The smallest absolute Gasteiger partial charge is 0.408 e. The highest BCUT2D eigenvalue weighted by Gasteiger charge is 2.32. The molecular formula is C23H21N5O4. The first-order valence-electron chi connectivity index (χ1n) is 10.3. The first kappa shape index (κ1) is 19.8. The van der Waals surface area contributed by atoms with Gasteiger partial charge in [0.05, 0.1) is 11.6 Å². The van der Waals surface area contributed by atoms with Gasteiger partial charge in [-0.25, -0.2) is 4.79 Å². The molecule has 0 spiro atoms. The van der Waals surface area contributed by atoms with Crippen molar-refractivity contribution in [2.75, 3.05) is 6.54 Å².